The van der Waals surface area contributed by atoms with Crippen LogP contribution < -0.4 is 11.1 Å². The summed E-state index contributed by atoms with van der Waals surface area (Å²) in [4.78, 5) is 3.55. The van der Waals surface area contributed by atoms with Crippen molar-refractivity contribution < 1.29 is 13.2 Å². The molecular formula is C13H12F3N3. The van der Waals surface area contributed by atoms with Crippen molar-refractivity contribution in [2.24, 2.45) is 0 Å². The molecule has 0 spiro atoms. The number of anilines is 3. The van der Waals surface area contributed by atoms with Crippen LogP contribution in [0.25, 0.3) is 0 Å². The minimum Gasteiger partial charge on any atom is -0.382 e. The zero-order chi connectivity index (χ0) is 14.0. The minimum absolute atomic E-state index is 0.0218. The third-order valence-electron chi connectivity index (χ3n) is 2.58. The molecule has 0 bridgehead atoms. The molecule has 0 saturated heterocycles. The molecule has 1 heterocycles. The van der Waals surface area contributed by atoms with E-state index >= 15 is 0 Å². The number of halogens is 3. The van der Waals surface area contributed by atoms with Crippen LogP contribution in [0.1, 0.15) is 11.1 Å². The lowest BCUT2D eigenvalue weighted by atomic mass is 10.2. The first-order valence-electron chi connectivity index (χ1n) is 5.52. The van der Waals surface area contributed by atoms with Crippen molar-refractivity contribution in [1.82, 2.24) is 4.98 Å². The van der Waals surface area contributed by atoms with Crippen molar-refractivity contribution in [3.63, 3.8) is 0 Å². The number of rotatable bonds is 2. The summed E-state index contributed by atoms with van der Waals surface area (Å²) in [5.41, 5.74) is 6.58. The van der Waals surface area contributed by atoms with E-state index < -0.39 is 11.7 Å². The molecule has 0 radical (unpaired) electrons. The number of benzene rings is 1. The Bertz CT molecular complexity index is 577. The molecule has 0 aliphatic carbocycles. The van der Waals surface area contributed by atoms with Gasteiger partial charge in [0.15, 0.2) is 0 Å². The molecule has 0 aliphatic heterocycles. The second-order valence-electron chi connectivity index (χ2n) is 4.15. The fourth-order valence-corrected chi connectivity index (χ4v) is 1.52. The Labute approximate surface area is 108 Å². The lowest BCUT2D eigenvalue weighted by molar-refractivity contribution is -0.137. The van der Waals surface area contributed by atoms with E-state index in [4.69, 9.17) is 5.73 Å². The van der Waals surface area contributed by atoms with Crippen LogP contribution in [0, 0.1) is 6.92 Å². The van der Waals surface area contributed by atoms with Gasteiger partial charge >= 0.3 is 6.18 Å². The van der Waals surface area contributed by atoms with Gasteiger partial charge in [-0.3, -0.25) is 0 Å². The first kappa shape index (κ1) is 13.2. The molecule has 0 aliphatic rings. The Morgan fingerprint density at radius 3 is 2.37 bits per heavy atom. The molecule has 3 N–H and O–H groups in total. The van der Waals surface area contributed by atoms with E-state index in [0.29, 0.717) is 5.69 Å². The van der Waals surface area contributed by atoms with E-state index in [1.807, 2.05) is 19.1 Å². The highest BCUT2D eigenvalue weighted by atomic mass is 19.4. The number of hydrogen-bond donors (Lipinski definition) is 2. The predicted octanol–water partition coefficient (Wildman–Crippen LogP) is 3.73. The Balaban J connectivity index is 2.31. The van der Waals surface area contributed by atoms with Crippen LogP contribution in [0.3, 0.4) is 0 Å². The molecule has 0 atom stereocenters. The number of aryl methyl sites for hydroxylation is 1. The molecule has 100 valence electrons. The number of alkyl halides is 3. The van der Waals surface area contributed by atoms with E-state index in [-0.39, 0.29) is 11.5 Å². The largest absolute Gasteiger partial charge is 0.417 e. The summed E-state index contributed by atoms with van der Waals surface area (Å²) in [6, 6.07) is 8.16. The summed E-state index contributed by atoms with van der Waals surface area (Å²) in [5, 5.41) is 2.82. The van der Waals surface area contributed by atoms with Gasteiger partial charge in [-0.05, 0) is 25.1 Å². The zero-order valence-electron chi connectivity index (χ0n) is 10.1. The number of aromatic nitrogens is 1. The third-order valence-corrected chi connectivity index (χ3v) is 2.58. The number of hydrogen-bond acceptors (Lipinski definition) is 3. The van der Waals surface area contributed by atoms with Gasteiger partial charge in [-0.25, -0.2) is 4.98 Å². The lowest BCUT2D eigenvalue weighted by Crippen LogP contribution is -2.08. The van der Waals surface area contributed by atoms with Crippen molar-refractivity contribution in [2.45, 2.75) is 13.1 Å². The van der Waals surface area contributed by atoms with E-state index in [2.05, 4.69) is 10.3 Å². The molecule has 3 nitrogen and oxygen atoms in total. The van der Waals surface area contributed by atoms with Crippen molar-refractivity contribution in [2.75, 3.05) is 11.1 Å². The van der Waals surface area contributed by atoms with Crippen molar-refractivity contribution in [1.29, 1.82) is 0 Å². The lowest BCUT2D eigenvalue weighted by Gasteiger charge is -2.12. The topological polar surface area (TPSA) is 50.9 Å². The summed E-state index contributed by atoms with van der Waals surface area (Å²) in [7, 11) is 0. The number of nitrogens with zero attached hydrogens (tertiary/aromatic N) is 1. The Hall–Kier alpha value is -2.24. The highest BCUT2D eigenvalue weighted by Crippen LogP contribution is 2.32. The molecule has 6 heteroatoms. The van der Waals surface area contributed by atoms with Gasteiger partial charge in [0.25, 0.3) is 0 Å². The van der Waals surface area contributed by atoms with E-state index in [1.165, 1.54) is 0 Å². The summed E-state index contributed by atoms with van der Waals surface area (Å²) in [5.74, 6) is 0.0218. The second kappa shape index (κ2) is 4.79. The molecule has 2 rings (SSSR count). The predicted molar refractivity (Wildman–Crippen MR) is 68.1 cm³/mol. The molecule has 0 unspecified atom stereocenters. The van der Waals surface area contributed by atoms with Crippen molar-refractivity contribution in [3.8, 4) is 0 Å². The van der Waals surface area contributed by atoms with Crippen LogP contribution in [0.5, 0.6) is 0 Å². The first-order chi connectivity index (χ1) is 8.86. The van der Waals surface area contributed by atoms with Gasteiger partial charge in [-0.2, -0.15) is 13.2 Å². The van der Waals surface area contributed by atoms with Gasteiger partial charge in [0.05, 0.1) is 11.3 Å². The molecule has 1 aromatic carbocycles. The maximum absolute atomic E-state index is 12.6. The monoisotopic (exact) mass is 267 g/mol. The van der Waals surface area contributed by atoms with E-state index in [9.17, 15) is 13.2 Å². The molecular weight excluding hydrogens is 255 g/mol. The Kier molecular flexibility index (Phi) is 3.33. The van der Waals surface area contributed by atoms with Gasteiger partial charge in [-0.15, -0.1) is 0 Å². The molecule has 0 saturated carbocycles. The average molecular weight is 267 g/mol. The van der Waals surface area contributed by atoms with Gasteiger partial charge in [0.2, 0.25) is 0 Å². The van der Waals surface area contributed by atoms with Crippen LogP contribution in [0.2, 0.25) is 0 Å². The summed E-state index contributed by atoms with van der Waals surface area (Å²) in [6.45, 7) is 1.92. The van der Waals surface area contributed by atoms with E-state index in [0.717, 1.165) is 17.8 Å². The standard InChI is InChI=1S/C13H12F3N3/c1-8-2-4-10(5-3-8)19-11-6-9(13(14,15)16)7-18-12(11)17/h2-7,19H,1H3,(H2,17,18). The number of pyridine rings is 1. The third kappa shape index (κ3) is 3.15. The van der Waals surface area contributed by atoms with Gasteiger partial charge < -0.3 is 11.1 Å². The minimum atomic E-state index is -4.44. The van der Waals surface area contributed by atoms with Crippen molar-refractivity contribution >= 4 is 17.2 Å². The normalized spacial score (nSPS) is 11.4. The fraction of sp³-hybridized carbons (Fsp3) is 0.154. The molecule has 2 aromatic rings. The Morgan fingerprint density at radius 1 is 1.16 bits per heavy atom. The Morgan fingerprint density at radius 2 is 1.79 bits per heavy atom. The van der Waals surface area contributed by atoms with Crippen LogP contribution in [0.15, 0.2) is 36.5 Å². The number of nitrogens with one attached hydrogen (secondary N) is 1. The average Bonchev–Trinajstić information content (AvgIpc) is 2.33. The second-order valence-corrected chi connectivity index (χ2v) is 4.15. The maximum atomic E-state index is 12.6. The highest BCUT2D eigenvalue weighted by Gasteiger charge is 2.31. The molecule has 0 amide bonds. The number of nitrogen functional groups attached to an aromatic ring is 1. The maximum Gasteiger partial charge on any atom is 0.417 e. The summed E-state index contributed by atoms with van der Waals surface area (Å²) in [6.07, 6.45) is -3.72. The molecule has 1 aromatic heterocycles. The summed E-state index contributed by atoms with van der Waals surface area (Å²) >= 11 is 0. The van der Waals surface area contributed by atoms with Crippen molar-refractivity contribution in [3.05, 3.63) is 47.7 Å². The molecule has 0 fully saturated rings. The van der Waals surface area contributed by atoms with Gasteiger partial charge in [0.1, 0.15) is 5.82 Å². The fourth-order valence-electron chi connectivity index (χ4n) is 1.52. The first-order valence-corrected chi connectivity index (χ1v) is 5.52. The summed E-state index contributed by atoms with van der Waals surface area (Å²) < 4.78 is 37.7. The van der Waals surface area contributed by atoms with Crippen LogP contribution in [0.4, 0.5) is 30.4 Å². The zero-order valence-corrected chi connectivity index (χ0v) is 10.1. The SMILES string of the molecule is Cc1ccc(Nc2cc(C(F)(F)F)cnc2N)cc1. The smallest absolute Gasteiger partial charge is 0.382 e. The van der Waals surface area contributed by atoms with Gasteiger partial charge in [0, 0.05) is 11.9 Å². The van der Waals surface area contributed by atoms with E-state index in [1.54, 1.807) is 12.1 Å². The van der Waals surface area contributed by atoms with Gasteiger partial charge in [-0.1, -0.05) is 17.7 Å². The van der Waals surface area contributed by atoms with Crippen LogP contribution in [-0.2, 0) is 6.18 Å². The highest BCUT2D eigenvalue weighted by molar-refractivity contribution is 5.70. The van der Waals surface area contributed by atoms with Crippen LogP contribution in [-0.4, -0.2) is 4.98 Å². The molecule has 19 heavy (non-hydrogen) atoms. The number of nitrogens with two attached hydrogens (primary N) is 1. The quantitative estimate of drug-likeness (QED) is 0.871. The van der Waals surface area contributed by atoms with Crippen LogP contribution >= 0.6 is 0 Å².